The van der Waals surface area contributed by atoms with Gasteiger partial charge < -0.3 is 10.2 Å². The molecule has 0 spiro atoms. The SMILES string of the molecule is CC1CNC(C2CCCCC2)CN1CC1CCN(C)CC1. The summed E-state index contributed by atoms with van der Waals surface area (Å²) in [6.07, 6.45) is 10.1. The van der Waals surface area contributed by atoms with Crippen molar-refractivity contribution in [3.05, 3.63) is 0 Å². The van der Waals surface area contributed by atoms with Crippen LogP contribution in [0.25, 0.3) is 0 Å². The number of likely N-dealkylation sites (tertiary alicyclic amines) is 1. The van der Waals surface area contributed by atoms with E-state index < -0.39 is 0 Å². The molecule has 0 radical (unpaired) electrons. The molecule has 3 fully saturated rings. The number of piperidine rings is 1. The molecule has 2 atom stereocenters. The molecule has 0 aromatic carbocycles. The van der Waals surface area contributed by atoms with E-state index in [1.807, 2.05) is 0 Å². The Balaban J connectivity index is 1.51. The smallest absolute Gasteiger partial charge is 0.0224 e. The molecule has 3 nitrogen and oxygen atoms in total. The monoisotopic (exact) mass is 293 g/mol. The van der Waals surface area contributed by atoms with Crippen LogP contribution in [-0.2, 0) is 0 Å². The second kappa shape index (κ2) is 7.43. The van der Waals surface area contributed by atoms with Crippen molar-refractivity contribution < 1.29 is 0 Å². The molecule has 0 aromatic rings. The molecule has 0 amide bonds. The molecular formula is C18H35N3. The lowest BCUT2D eigenvalue weighted by atomic mass is 9.82. The van der Waals surface area contributed by atoms with Crippen molar-refractivity contribution in [3.8, 4) is 0 Å². The van der Waals surface area contributed by atoms with Crippen molar-refractivity contribution in [1.29, 1.82) is 0 Å². The van der Waals surface area contributed by atoms with Gasteiger partial charge in [-0.2, -0.15) is 0 Å². The highest BCUT2D eigenvalue weighted by atomic mass is 15.2. The first-order chi connectivity index (χ1) is 10.2. The Morgan fingerprint density at radius 3 is 2.43 bits per heavy atom. The van der Waals surface area contributed by atoms with Gasteiger partial charge in [-0.25, -0.2) is 0 Å². The minimum absolute atomic E-state index is 0.726. The summed E-state index contributed by atoms with van der Waals surface area (Å²) in [6, 6.07) is 1.50. The second-order valence-electron chi connectivity index (χ2n) is 7.96. The standard InChI is InChI=1S/C18H35N3/c1-15-12-19-18(17-6-4-3-5-7-17)14-21(15)13-16-8-10-20(2)11-9-16/h15-19H,3-14H2,1-2H3. The summed E-state index contributed by atoms with van der Waals surface area (Å²) in [5.41, 5.74) is 0. The van der Waals surface area contributed by atoms with Gasteiger partial charge in [-0.3, -0.25) is 4.90 Å². The largest absolute Gasteiger partial charge is 0.311 e. The first-order valence-electron chi connectivity index (χ1n) is 9.38. The molecule has 2 aliphatic heterocycles. The van der Waals surface area contributed by atoms with Crippen molar-refractivity contribution in [2.75, 3.05) is 39.8 Å². The Bertz CT molecular complexity index is 306. The summed E-state index contributed by atoms with van der Waals surface area (Å²) < 4.78 is 0. The first-order valence-corrected chi connectivity index (χ1v) is 9.38. The van der Waals surface area contributed by atoms with Crippen molar-refractivity contribution in [1.82, 2.24) is 15.1 Å². The second-order valence-corrected chi connectivity index (χ2v) is 7.96. The number of nitrogens with zero attached hydrogens (tertiary/aromatic N) is 2. The Kier molecular flexibility index (Phi) is 5.58. The summed E-state index contributed by atoms with van der Waals surface area (Å²) in [4.78, 5) is 5.30. The lowest BCUT2D eigenvalue weighted by Crippen LogP contribution is -2.59. The van der Waals surface area contributed by atoms with Crippen LogP contribution in [0.4, 0.5) is 0 Å². The third-order valence-corrected chi connectivity index (χ3v) is 6.28. The maximum atomic E-state index is 3.86. The van der Waals surface area contributed by atoms with Crippen molar-refractivity contribution in [2.45, 2.75) is 64.0 Å². The molecule has 1 N–H and O–H groups in total. The molecule has 3 rings (SSSR count). The van der Waals surface area contributed by atoms with Crippen LogP contribution in [0.15, 0.2) is 0 Å². The van der Waals surface area contributed by atoms with Crippen LogP contribution < -0.4 is 5.32 Å². The van der Waals surface area contributed by atoms with Crippen molar-refractivity contribution >= 4 is 0 Å². The molecule has 21 heavy (non-hydrogen) atoms. The highest BCUT2D eigenvalue weighted by Gasteiger charge is 2.32. The van der Waals surface area contributed by atoms with E-state index in [0.717, 1.165) is 23.9 Å². The van der Waals surface area contributed by atoms with Crippen LogP contribution >= 0.6 is 0 Å². The number of hydrogen-bond acceptors (Lipinski definition) is 3. The first kappa shape index (κ1) is 15.8. The normalized spacial score (nSPS) is 35.1. The zero-order valence-corrected chi connectivity index (χ0v) is 14.2. The summed E-state index contributed by atoms with van der Waals surface area (Å²) in [5, 5.41) is 3.86. The van der Waals surface area contributed by atoms with E-state index >= 15 is 0 Å². The number of rotatable bonds is 3. The molecular weight excluding hydrogens is 258 g/mol. The lowest BCUT2D eigenvalue weighted by Gasteiger charge is -2.44. The van der Waals surface area contributed by atoms with Gasteiger partial charge in [0.25, 0.3) is 0 Å². The van der Waals surface area contributed by atoms with Gasteiger partial charge in [-0.1, -0.05) is 19.3 Å². The number of hydrogen-bond donors (Lipinski definition) is 1. The topological polar surface area (TPSA) is 18.5 Å². The molecule has 3 heteroatoms. The van der Waals surface area contributed by atoms with Crippen LogP contribution in [-0.4, -0.2) is 61.7 Å². The summed E-state index contributed by atoms with van der Waals surface area (Å²) in [6.45, 7) is 8.87. The van der Waals surface area contributed by atoms with E-state index in [1.54, 1.807) is 0 Å². The lowest BCUT2D eigenvalue weighted by molar-refractivity contribution is 0.0748. The van der Waals surface area contributed by atoms with Crippen LogP contribution in [0.3, 0.4) is 0 Å². The highest BCUT2D eigenvalue weighted by molar-refractivity contribution is 4.90. The highest BCUT2D eigenvalue weighted by Crippen LogP contribution is 2.29. The Labute approximate surface area is 131 Å². The Hall–Kier alpha value is -0.120. The predicted molar refractivity (Wildman–Crippen MR) is 89.6 cm³/mol. The predicted octanol–water partition coefficient (Wildman–Crippen LogP) is 2.57. The fourth-order valence-corrected chi connectivity index (χ4v) is 4.63. The van der Waals surface area contributed by atoms with E-state index in [9.17, 15) is 0 Å². The average molecular weight is 293 g/mol. The third-order valence-electron chi connectivity index (χ3n) is 6.28. The van der Waals surface area contributed by atoms with E-state index in [4.69, 9.17) is 0 Å². The fourth-order valence-electron chi connectivity index (χ4n) is 4.63. The van der Waals surface area contributed by atoms with Gasteiger partial charge in [0.1, 0.15) is 0 Å². The van der Waals surface area contributed by atoms with Gasteiger partial charge in [-0.15, -0.1) is 0 Å². The van der Waals surface area contributed by atoms with Crippen molar-refractivity contribution in [2.24, 2.45) is 11.8 Å². The third kappa shape index (κ3) is 4.20. The fraction of sp³-hybridized carbons (Fsp3) is 1.00. The summed E-state index contributed by atoms with van der Waals surface area (Å²) >= 11 is 0. The molecule has 1 aliphatic carbocycles. The van der Waals surface area contributed by atoms with Gasteiger partial charge in [-0.05, 0) is 64.6 Å². The maximum absolute atomic E-state index is 3.86. The molecule has 2 saturated heterocycles. The van der Waals surface area contributed by atoms with Gasteiger partial charge in [0.05, 0.1) is 0 Å². The zero-order chi connectivity index (χ0) is 14.7. The van der Waals surface area contributed by atoms with Crippen LogP contribution in [0.1, 0.15) is 51.9 Å². The number of nitrogens with one attached hydrogen (secondary N) is 1. The number of piperazine rings is 1. The Morgan fingerprint density at radius 2 is 1.71 bits per heavy atom. The molecule has 0 aromatic heterocycles. The van der Waals surface area contributed by atoms with Crippen molar-refractivity contribution in [3.63, 3.8) is 0 Å². The molecule has 122 valence electrons. The van der Waals surface area contributed by atoms with Crippen LogP contribution in [0.2, 0.25) is 0 Å². The van der Waals surface area contributed by atoms with Gasteiger partial charge in [0, 0.05) is 31.7 Å². The van der Waals surface area contributed by atoms with Gasteiger partial charge in [0.2, 0.25) is 0 Å². The van der Waals surface area contributed by atoms with E-state index in [-0.39, 0.29) is 0 Å². The molecule has 0 bridgehead atoms. The van der Waals surface area contributed by atoms with Crippen LogP contribution in [0, 0.1) is 11.8 Å². The average Bonchev–Trinajstić information content (AvgIpc) is 2.52. The minimum Gasteiger partial charge on any atom is -0.311 e. The minimum atomic E-state index is 0.726. The van der Waals surface area contributed by atoms with E-state index in [0.29, 0.717) is 0 Å². The quantitative estimate of drug-likeness (QED) is 0.863. The Morgan fingerprint density at radius 1 is 1.00 bits per heavy atom. The molecule has 3 aliphatic rings. The molecule has 1 saturated carbocycles. The maximum Gasteiger partial charge on any atom is 0.0224 e. The van der Waals surface area contributed by atoms with E-state index in [1.165, 1.54) is 77.7 Å². The summed E-state index contributed by atoms with van der Waals surface area (Å²) in [7, 11) is 2.27. The molecule has 2 unspecified atom stereocenters. The summed E-state index contributed by atoms with van der Waals surface area (Å²) in [5.74, 6) is 1.89. The molecule has 2 heterocycles. The zero-order valence-electron chi connectivity index (χ0n) is 14.2. The van der Waals surface area contributed by atoms with E-state index in [2.05, 4.69) is 29.1 Å². The van der Waals surface area contributed by atoms with Crippen LogP contribution in [0.5, 0.6) is 0 Å². The van der Waals surface area contributed by atoms with Gasteiger partial charge in [0.15, 0.2) is 0 Å². The van der Waals surface area contributed by atoms with Gasteiger partial charge >= 0.3 is 0 Å².